The van der Waals surface area contributed by atoms with Gasteiger partial charge in [0.2, 0.25) is 0 Å². The highest BCUT2D eigenvalue weighted by Gasteiger charge is 2.16. The summed E-state index contributed by atoms with van der Waals surface area (Å²) in [5, 5.41) is 7.22. The summed E-state index contributed by atoms with van der Waals surface area (Å²) >= 11 is 0. The summed E-state index contributed by atoms with van der Waals surface area (Å²) in [5.74, 6) is 1.91. The van der Waals surface area contributed by atoms with Crippen molar-refractivity contribution in [1.82, 2.24) is 24.5 Å². The van der Waals surface area contributed by atoms with Crippen molar-refractivity contribution in [2.24, 2.45) is 0 Å². The molecule has 0 aliphatic rings. The number of nitrogens with zero attached hydrogens (tertiary/aromatic N) is 5. The molecule has 0 amide bonds. The molecule has 0 saturated heterocycles. The monoisotopic (exact) mass is 727 g/mol. The molecule has 0 aliphatic carbocycles. The van der Waals surface area contributed by atoms with Gasteiger partial charge < -0.3 is 4.57 Å². The van der Waals surface area contributed by atoms with E-state index in [0.717, 1.165) is 38.9 Å². The Morgan fingerprint density at radius 1 is 0.316 bits per heavy atom. The largest absolute Gasteiger partial charge is 0.309 e. The third-order valence-electron chi connectivity index (χ3n) is 10.9. The van der Waals surface area contributed by atoms with Crippen LogP contribution in [0, 0.1) is 0 Å². The number of rotatable bonds is 6. The molecule has 57 heavy (non-hydrogen) atoms. The van der Waals surface area contributed by atoms with Crippen LogP contribution in [0.15, 0.2) is 200 Å². The third-order valence-corrected chi connectivity index (χ3v) is 10.9. The molecule has 0 aliphatic heterocycles. The van der Waals surface area contributed by atoms with Gasteiger partial charge >= 0.3 is 0 Å². The van der Waals surface area contributed by atoms with E-state index in [1.165, 1.54) is 49.1 Å². The second-order valence-electron chi connectivity index (χ2n) is 14.3. The van der Waals surface area contributed by atoms with Gasteiger partial charge in [-0.05, 0) is 92.3 Å². The van der Waals surface area contributed by atoms with E-state index in [1.807, 2.05) is 42.6 Å². The van der Waals surface area contributed by atoms with Crippen molar-refractivity contribution in [3.8, 4) is 62.1 Å². The molecule has 0 saturated carbocycles. The van der Waals surface area contributed by atoms with Gasteiger partial charge in [-0.15, -0.1) is 0 Å². The summed E-state index contributed by atoms with van der Waals surface area (Å²) < 4.78 is 2.36. The molecule has 266 valence electrons. The number of hydrogen-bond donors (Lipinski definition) is 0. The summed E-state index contributed by atoms with van der Waals surface area (Å²) in [6.07, 6.45) is 3.66. The standard InChI is InChI=1S/C52H33N5/c1-3-10-35(11-4-1)50-54-51(36-19-17-34(18-20-36)42-12-9-29-53-33-42)56-52(55-50)41-24-27-45-40(31-41)22-21-39-30-37(23-26-44(39)45)38-25-28-49-47(32-38)46-15-7-8-16-48(46)57(49)43-13-5-2-6-14-43/h1-33H. The van der Waals surface area contributed by atoms with Crippen LogP contribution in [-0.2, 0) is 0 Å². The van der Waals surface area contributed by atoms with E-state index < -0.39 is 0 Å². The first-order valence-corrected chi connectivity index (χ1v) is 19.1. The van der Waals surface area contributed by atoms with Crippen molar-refractivity contribution in [2.45, 2.75) is 0 Å². The molecular weight excluding hydrogens is 695 g/mol. The number of hydrogen-bond acceptors (Lipinski definition) is 4. The number of aromatic nitrogens is 5. The molecule has 5 heteroatoms. The molecule has 11 rings (SSSR count). The summed E-state index contributed by atoms with van der Waals surface area (Å²) in [4.78, 5) is 19.3. The van der Waals surface area contributed by atoms with Gasteiger partial charge in [0, 0.05) is 45.5 Å². The van der Waals surface area contributed by atoms with E-state index in [-0.39, 0.29) is 0 Å². The van der Waals surface area contributed by atoms with Gasteiger partial charge in [0.05, 0.1) is 11.0 Å². The predicted octanol–water partition coefficient (Wildman–Crippen LogP) is 13.0. The maximum absolute atomic E-state index is 5.04. The quantitative estimate of drug-likeness (QED) is 0.160. The number of para-hydroxylation sites is 2. The number of benzene rings is 8. The van der Waals surface area contributed by atoms with Crippen LogP contribution in [0.3, 0.4) is 0 Å². The fourth-order valence-electron chi connectivity index (χ4n) is 8.09. The van der Waals surface area contributed by atoms with Crippen molar-refractivity contribution >= 4 is 43.4 Å². The van der Waals surface area contributed by atoms with Gasteiger partial charge in [0.25, 0.3) is 0 Å². The minimum absolute atomic E-state index is 0.630. The average molecular weight is 728 g/mol. The number of fused-ring (bicyclic) bond motifs is 6. The zero-order valence-electron chi connectivity index (χ0n) is 30.8. The summed E-state index contributed by atoms with van der Waals surface area (Å²) in [7, 11) is 0. The molecule has 0 spiro atoms. The minimum Gasteiger partial charge on any atom is -0.309 e. The molecule has 0 bridgehead atoms. The topological polar surface area (TPSA) is 56.5 Å². The SMILES string of the molecule is c1ccc(-c2nc(-c3ccc(-c4cccnc4)cc3)nc(-c3ccc4c(ccc5cc(-c6ccc7c(c6)c6ccccc6n7-c6ccccc6)ccc54)c3)n2)cc1. The lowest BCUT2D eigenvalue weighted by molar-refractivity contribution is 1.07. The van der Waals surface area contributed by atoms with Crippen molar-refractivity contribution in [1.29, 1.82) is 0 Å². The molecule has 3 aromatic heterocycles. The Kier molecular flexibility index (Phi) is 7.74. The van der Waals surface area contributed by atoms with E-state index in [1.54, 1.807) is 6.20 Å². The highest BCUT2D eigenvalue weighted by molar-refractivity contribution is 6.12. The van der Waals surface area contributed by atoms with Crippen molar-refractivity contribution in [3.05, 3.63) is 200 Å². The van der Waals surface area contributed by atoms with E-state index in [4.69, 9.17) is 15.0 Å². The lowest BCUT2D eigenvalue weighted by atomic mass is 9.96. The average Bonchev–Trinajstić information content (AvgIpc) is 3.63. The van der Waals surface area contributed by atoms with E-state index >= 15 is 0 Å². The van der Waals surface area contributed by atoms with Crippen molar-refractivity contribution in [3.63, 3.8) is 0 Å². The zero-order valence-corrected chi connectivity index (χ0v) is 30.8. The molecule has 3 heterocycles. The van der Waals surface area contributed by atoms with Crippen LogP contribution in [0.2, 0.25) is 0 Å². The Morgan fingerprint density at radius 2 is 0.842 bits per heavy atom. The van der Waals surface area contributed by atoms with E-state index in [0.29, 0.717) is 17.5 Å². The Morgan fingerprint density at radius 3 is 1.56 bits per heavy atom. The maximum Gasteiger partial charge on any atom is 0.164 e. The first kappa shape index (κ1) is 32.7. The molecular formula is C52H33N5. The molecule has 0 unspecified atom stereocenters. The highest BCUT2D eigenvalue weighted by atomic mass is 15.0. The molecule has 8 aromatic carbocycles. The Bertz CT molecular complexity index is 3270. The Balaban J connectivity index is 0.969. The van der Waals surface area contributed by atoms with E-state index in [2.05, 4.69) is 161 Å². The van der Waals surface area contributed by atoms with Gasteiger partial charge in [0.1, 0.15) is 0 Å². The molecule has 0 fully saturated rings. The van der Waals surface area contributed by atoms with Gasteiger partial charge in [0.15, 0.2) is 17.5 Å². The molecule has 0 radical (unpaired) electrons. The van der Waals surface area contributed by atoms with Gasteiger partial charge in [-0.1, -0.05) is 140 Å². The van der Waals surface area contributed by atoms with Crippen LogP contribution >= 0.6 is 0 Å². The van der Waals surface area contributed by atoms with Crippen molar-refractivity contribution < 1.29 is 0 Å². The van der Waals surface area contributed by atoms with Crippen LogP contribution in [0.5, 0.6) is 0 Å². The lowest BCUT2D eigenvalue weighted by Crippen LogP contribution is -2.00. The van der Waals surface area contributed by atoms with Crippen LogP contribution in [0.4, 0.5) is 0 Å². The first-order chi connectivity index (χ1) is 28.2. The molecule has 0 atom stereocenters. The maximum atomic E-state index is 5.04. The highest BCUT2D eigenvalue weighted by Crippen LogP contribution is 2.37. The molecule has 11 aromatic rings. The molecule has 0 N–H and O–H groups in total. The summed E-state index contributed by atoms with van der Waals surface area (Å²) in [6, 6.07) is 66.3. The normalized spacial score (nSPS) is 11.5. The zero-order chi connectivity index (χ0) is 37.7. The Hall–Kier alpha value is -7.76. The second-order valence-corrected chi connectivity index (χ2v) is 14.3. The third kappa shape index (κ3) is 5.81. The van der Waals surface area contributed by atoms with Crippen LogP contribution < -0.4 is 0 Å². The van der Waals surface area contributed by atoms with Crippen LogP contribution in [0.25, 0.3) is 105 Å². The lowest BCUT2D eigenvalue weighted by Gasteiger charge is -2.11. The first-order valence-electron chi connectivity index (χ1n) is 19.1. The van der Waals surface area contributed by atoms with Gasteiger partial charge in [-0.3, -0.25) is 4.98 Å². The summed E-state index contributed by atoms with van der Waals surface area (Å²) in [5.41, 5.74) is 10.9. The van der Waals surface area contributed by atoms with Crippen LogP contribution in [0.1, 0.15) is 0 Å². The van der Waals surface area contributed by atoms with Crippen LogP contribution in [-0.4, -0.2) is 24.5 Å². The fourth-order valence-corrected chi connectivity index (χ4v) is 8.09. The number of pyridine rings is 1. The minimum atomic E-state index is 0.630. The predicted molar refractivity (Wildman–Crippen MR) is 234 cm³/mol. The second kappa shape index (κ2) is 13.5. The Labute approximate surface area is 329 Å². The van der Waals surface area contributed by atoms with Crippen molar-refractivity contribution in [2.75, 3.05) is 0 Å². The van der Waals surface area contributed by atoms with Gasteiger partial charge in [-0.2, -0.15) is 0 Å². The van der Waals surface area contributed by atoms with E-state index in [9.17, 15) is 0 Å². The summed E-state index contributed by atoms with van der Waals surface area (Å²) in [6.45, 7) is 0. The smallest absolute Gasteiger partial charge is 0.164 e. The molecule has 5 nitrogen and oxygen atoms in total. The van der Waals surface area contributed by atoms with Gasteiger partial charge in [-0.25, -0.2) is 15.0 Å². The fraction of sp³-hybridized carbons (Fsp3) is 0.